The summed E-state index contributed by atoms with van der Waals surface area (Å²) in [5, 5.41) is 2.89. The number of anilines is 1. The van der Waals surface area contributed by atoms with Gasteiger partial charge < -0.3 is 14.8 Å². The Morgan fingerprint density at radius 2 is 2.11 bits per heavy atom. The van der Waals surface area contributed by atoms with Gasteiger partial charge in [0.25, 0.3) is 0 Å². The third-order valence-electron chi connectivity index (χ3n) is 2.79. The molecule has 2 rings (SSSR count). The van der Waals surface area contributed by atoms with Crippen LogP contribution in [0.3, 0.4) is 0 Å². The summed E-state index contributed by atoms with van der Waals surface area (Å²) in [6.45, 7) is 5.17. The summed E-state index contributed by atoms with van der Waals surface area (Å²) in [4.78, 5) is 11.9. The zero-order valence-electron chi connectivity index (χ0n) is 10.8. The average molecular weight is 249 g/mol. The van der Waals surface area contributed by atoms with Gasteiger partial charge in [-0.1, -0.05) is 0 Å². The summed E-state index contributed by atoms with van der Waals surface area (Å²) in [5.41, 5.74) is 0.794. The molecule has 1 N–H and O–H groups in total. The van der Waals surface area contributed by atoms with E-state index in [0.717, 1.165) is 17.9 Å². The standard InChI is InChI=1S/C14H19NO3/c1-10(2)18-13-5-3-12(4-6-13)15-14(16)11-7-8-17-9-11/h3-6,10-11H,7-9H2,1-2H3,(H,15,16). The van der Waals surface area contributed by atoms with Crippen molar-refractivity contribution in [3.63, 3.8) is 0 Å². The number of nitrogens with one attached hydrogen (secondary N) is 1. The number of hydrogen-bond donors (Lipinski definition) is 1. The van der Waals surface area contributed by atoms with Gasteiger partial charge in [-0.3, -0.25) is 4.79 Å². The largest absolute Gasteiger partial charge is 0.491 e. The average Bonchev–Trinajstić information content (AvgIpc) is 2.84. The maximum Gasteiger partial charge on any atom is 0.229 e. The molecule has 1 aromatic carbocycles. The molecule has 0 spiro atoms. The smallest absolute Gasteiger partial charge is 0.229 e. The minimum Gasteiger partial charge on any atom is -0.491 e. The number of amides is 1. The third-order valence-corrected chi connectivity index (χ3v) is 2.79. The molecule has 18 heavy (non-hydrogen) atoms. The number of carbonyl (C=O) groups is 1. The second-order valence-electron chi connectivity index (χ2n) is 4.74. The third kappa shape index (κ3) is 3.47. The number of ether oxygens (including phenoxy) is 2. The molecule has 0 radical (unpaired) electrons. The van der Waals surface area contributed by atoms with Crippen LogP contribution in [0.5, 0.6) is 5.75 Å². The van der Waals surface area contributed by atoms with Gasteiger partial charge in [-0.2, -0.15) is 0 Å². The molecule has 98 valence electrons. The van der Waals surface area contributed by atoms with E-state index < -0.39 is 0 Å². The first-order chi connectivity index (χ1) is 8.65. The van der Waals surface area contributed by atoms with E-state index in [-0.39, 0.29) is 17.9 Å². The van der Waals surface area contributed by atoms with Crippen molar-refractivity contribution < 1.29 is 14.3 Å². The van der Waals surface area contributed by atoms with Crippen molar-refractivity contribution in [1.82, 2.24) is 0 Å². The van der Waals surface area contributed by atoms with Gasteiger partial charge in [0.05, 0.1) is 18.6 Å². The molecule has 1 amide bonds. The van der Waals surface area contributed by atoms with Crippen molar-refractivity contribution >= 4 is 11.6 Å². The Bertz CT molecular complexity index is 394. The number of benzene rings is 1. The molecule has 4 nitrogen and oxygen atoms in total. The summed E-state index contributed by atoms with van der Waals surface area (Å²) in [6.07, 6.45) is 0.960. The van der Waals surface area contributed by atoms with E-state index in [1.165, 1.54) is 0 Å². The first-order valence-electron chi connectivity index (χ1n) is 6.30. The lowest BCUT2D eigenvalue weighted by Gasteiger charge is -2.12. The second-order valence-corrected chi connectivity index (χ2v) is 4.74. The van der Waals surface area contributed by atoms with Gasteiger partial charge in [-0.05, 0) is 44.5 Å². The lowest BCUT2D eigenvalue weighted by atomic mass is 10.1. The van der Waals surface area contributed by atoms with Gasteiger partial charge in [-0.15, -0.1) is 0 Å². The molecule has 4 heteroatoms. The topological polar surface area (TPSA) is 47.6 Å². The summed E-state index contributed by atoms with van der Waals surface area (Å²) in [5.74, 6) is 0.828. The van der Waals surface area contributed by atoms with Crippen molar-refractivity contribution in [2.75, 3.05) is 18.5 Å². The Morgan fingerprint density at radius 1 is 1.39 bits per heavy atom. The van der Waals surface area contributed by atoms with Crippen molar-refractivity contribution in [2.45, 2.75) is 26.4 Å². The molecule has 1 atom stereocenters. The number of rotatable bonds is 4. The number of carbonyl (C=O) groups excluding carboxylic acids is 1. The van der Waals surface area contributed by atoms with E-state index in [2.05, 4.69) is 5.32 Å². The van der Waals surface area contributed by atoms with E-state index in [1.54, 1.807) is 0 Å². The van der Waals surface area contributed by atoms with Crippen LogP contribution in [0.25, 0.3) is 0 Å². The van der Waals surface area contributed by atoms with Crippen LogP contribution < -0.4 is 10.1 Å². The first-order valence-corrected chi connectivity index (χ1v) is 6.30. The van der Waals surface area contributed by atoms with E-state index in [0.29, 0.717) is 13.2 Å². The predicted octanol–water partition coefficient (Wildman–Crippen LogP) is 2.45. The first kappa shape index (κ1) is 12.9. The zero-order chi connectivity index (χ0) is 13.0. The minimum absolute atomic E-state index is 0.0170. The lowest BCUT2D eigenvalue weighted by Crippen LogP contribution is -2.22. The van der Waals surface area contributed by atoms with Gasteiger partial charge in [0.15, 0.2) is 0 Å². The van der Waals surface area contributed by atoms with Crippen LogP contribution in [0.15, 0.2) is 24.3 Å². The summed E-state index contributed by atoms with van der Waals surface area (Å²) >= 11 is 0. The second kappa shape index (κ2) is 5.87. The molecule has 0 aliphatic carbocycles. The molecule has 1 heterocycles. The van der Waals surface area contributed by atoms with Gasteiger partial charge in [-0.25, -0.2) is 0 Å². The molecule has 0 aromatic heterocycles. The Hall–Kier alpha value is -1.55. The minimum atomic E-state index is -0.0170. The van der Waals surface area contributed by atoms with Crippen molar-refractivity contribution in [3.05, 3.63) is 24.3 Å². The molecule has 1 aliphatic heterocycles. The van der Waals surface area contributed by atoms with E-state index in [1.807, 2.05) is 38.1 Å². The quantitative estimate of drug-likeness (QED) is 0.891. The molecular weight excluding hydrogens is 230 g/mol. The lowest BCUT2D eigenvalue weighted by molar-refractivity contribution is -0.119. The van der Waals surface area contributed by atoms with Crippen LogP contribution in [0.4, 0.5) is 5.69 Å². The Morgan fingerprint density at radius 3 is 2.67 bits per heavy atom. The highest BCUT2D eigenvalue weighted by Crippen LogP contribution is 2.19. The van der Waals surface area contributed by atoms with Crippen LogP contribution in [-0.2, 0) is 9.53 Å². The van der Waals surface area contributed by atoms with Gasteiger partial charge in [0.1, 0.15) is 5.75 Å². The normalized spacial score (nSPS) is 18.9. The van der Waals surface area contributed by atoms with Crippen molar-refractivity contribution in [3.8, 4) is 5.75 Å². The van der Waals surface area contributed by atoms with E-state index in [4.69, 9.17) is 9.47 Å². The molecular formula is C14H19NO3. The Labute approximate surface area is 107 Å². The van der Waals surface area contributed by atoms with Crippen LogP contribution in [0.1, 0.15) is 20.3 Å². The monoisotopic (exact) mass is 249 g/mol. The van der Waals surface area contributed by atoms with Gasteiger partial charge >= 0.3 is 0 Å². The van der Waals surface area contributed by atoms with Crippen molar-refractivity contribution in [1.29, 1.82) is 0 Å². The van der Waals surface area contributed by atoms with E-state index in [9.17, 15) is 4.79 Å². The van der Waals surface area contributed by atoms with Crippen molar-refractivity contribution in [2.24, 2.45) is 5.92 Å². The number of hydrogen-bond acceptors (Lipinski definition) is 3. The molecule has 1 aromatic rings. The molecule has 1 aliphatic rings. The predicted molar refractivity (Wildman–Crippen MR) is 69.8 cm³/mol. The summed E-state index contributed by atoms with van der Waals surface area (Å²) < 4.78 is 10.7. The van der Waals surface area contributed by atoms with E-state index >= 15 is 0 Å². The van der Waals surface area contributed by atoms with Crippen LogP contribution >= 0.6 is 0 Å². The van der Waals surface area contributed by atoms with Gasteiger partial charge in [0.2, 0.25) is 5.91 Å². The molecule has 1 saturated heterocycles. The SMILES string of the molecule is CC(C)Oc1ccc(NC(=O)C2CCOC2)cc1. The fourth-order valence-corrected chi connectivity index (χ4v) is 1.87. The highest BCUT2D eigenvalue weighted by molar-refractivity contribution is 5.92. The fraction of sp³-hybridized carbons (Fsp3) is 0.500. The zero-order valence-corrected chi connectivity index (χ0v) is 10.8. The molecule has 0 bridgehead atoms. The molecule has 1 unspecified atom stereocenters. The molecule has 1 fully saturated rings. The maximum absolute atomic E-state index is 11.9. The Kier molecular flexibility index (Phi) is 4.20. The molecule has 0 saturated carbocycles. The highest BCUT2D eigenvalue weighted by atomic mass is 16.5. The Balaban J connectivity index is 1.91. The summed E-state index contributed by atoms with van der Waals surface area (Å²) in [6, 6.07) is 7.43. The van der Waals surface area contributed by atoms with Crippen LogP contribution in [0.2, 0.25) is 0 Å². The highest BCUT2D eigenvalue weighted by Gasteiger charge is 2.23. The van der Waals surface area contributed by atoms with Gasteiger partial charge in [0, 0.05) is 12.3 Å². The fourth-order valence-electron chi connectivity index (χ4n) is 1.87. The maximum atomic E-state index is 11.9. The van der Waals surface area contributed by atoms with Crippen LogP contribution in [0, 0.1) is 5.92 Å². The van der Waals surface area contributed by atoms with Crippen LogP contribution in [-0.4, -0.2) is 25.2 Å². The summed E-state index contributed by atoms with van der Waals surface area (Å²) in [7, 11) is 0.